The normalized spacial score (nSPS) is 16.6. The molecule has 2 rings (SSSR count). The predicted molar refractivity (Wildman–Crippen MR) is 72.3 cm³/mol. The molecule has 0 saturated carbocycles. The molecular weight excluding hydrogens is 226 g/mol. The van der Waals surface area contributed by atoms with Crippen molar-refractivity contribution in [1.82, 2.24) is 9.88 Å². The molecule has 0 atom stereocenters. The maximum atomic E-state index is 9.13. The second-order valence-corrected chi connectivity index (χ2v) is 4.58. The van der Waals surface area contributed by atoms with Crippen LogP contribution < -0.4 is 10.6 Å². The van der Waals surface area contributed by atoms with Crippen LogP contribution in [0.25, 0.3) is 0 Å². The van der Waals surface area contributed by atoms with E-state index in [0.717, 1.165) is 38.5 Å². The molecule has 1 fully saturated rings. The Balaban J connectivity index is 2.08. The van der Waals surface area contributed by atoms with E-state index in [4.69, 9.17) is 11.0 Å². The summed E-state index contributed by atoms with van der Waals surface area (Å²) in [5.41, 5.74) is 6.76. The number of rotatable bonds is 3. The first kappa shape index (κ1) is 12.7. The molecule has 1 saturated heterocycles. The van der Waals surface area contributed by atoms with Crippen LogP contribution in [0.15, 0.2) is 12.3 Å². The lowest BCUT2D eigenvalue weighted by molar-refractivity contribution is 0.258. The van der Waals surface area contributed by atoms with Gasteiger partial charge in [-0.05, 0) is 19.0 Å². The predicted octanol–water partition coefficient (Wildman–Crippen LogP) is 1.07. The fourth-order valence-electron chi connectivity index (χ4n) is 2.31. The van der Waals surface area contributed by atoms with Crippen LogP contribution in [0.2, 0.25) is 0 Å². The van der Waals surface area contributed by atoms with Gasteiger partial charge < -0.3 is 10.6 Å². The van der Waals surface area contributed by atoms with Crippen LogP contribution in [0.4, 0.5) is 11.5 Å². The van der Waals surface area contributed by atoms with Gasteiger partial charge in [0.05, 0.1) is 17.4 Å². The van der Waals surface area contributed by atoms with Crippen molar-refractivity contribution in [2.45, 2.75) is 13.3 Å². The van der Waals surface area contributed by atoms with Crippen molar-refractivity contribution in [3.63, 3.8) is 0 Å². The van der Waals surface area contributed by atoms with Crippen LogP contribution >= 0.6 is 0 Å². The summed E-state index contributed by atoms with van der Waals surface area (Å²) in [4.78, 5) is 8.92. The Morgan fingerprint density at radius 2 is 2.11 bits per heavy atom. The maximum absolute atomic E-state index is 9.13. The van der Waals surface area contributed by atoms with Crippen LogP contribution in [0.3, 0.4) is 0 Å². The van der Waals surface area contributed by atoms with E-state index in [-0.39, 0.29) is 0 Å². The van der Waals surface area contributed by atoms with Crippen molar-refractivity contribution in [2.75, 3.05) is 43.4 Å². The van der Waals surface area contributed by atoms with Gasteiger partial charge >= 0.3 is 0 Å². The number of hydrogen-bond donors (Lipinski definition) is 1. The highest BCUT2D eigenvalue weighted by atomic mass is 15.3. The van der Waals surface area contributed by atoms with E-state index in [1.54, 1.807) is 12.3 Å². The van der Waals surface area contributed by atoms with E-state index in [1.165, 1.54) is 6.42 Å². The quantitative estimate of drug-likeness (QED) is 0.862. The first-order chi connectivity index (χ1) is 8.74. The molecule has 5 heteroatoms. The van der Waals surface area contributed by atoms with Gasteiger partial charge in [0.1, 0.15) is 11.9 Å². The number of nitrogens with zero attached hydrogens (tertiary/aromatic N) is 4. The zero-order valence-corrected chi connectivity index (χ0v) is 10.8. The third-order valence-corrected chi connectivity index (χ3v) is 3.22. The molecule has 18 heavy (non-hydrogen) atoms. The van der Waals surface area contributed by atoms with Crippen molar-refractivity contribution in [3.8, 4) is 6.07 Å². The molecule has 1 aliphatic rings. The molecule has 0 amide bonds. The molecule has 2 heterocycles. The number of anilines is 2. The molecule has 0 unspecified atom stereocenters. The van der Waals surface area contributed by atoms with Gasteiger partial charge in [0, 0.05) is 26.2 Å². The van der Waals surface area contributed by atoms with Crippen LogP contribution in [0.5, 0.6) is 0 Å². The Morgan fingerprint density at radius 1 is 1.39 bits per heavy atom. The molecule has 0 aromatic carbocycles. The molecule has 0 radical (unpaired) electrons. The highest BCUT2D eigenvalue weighted by molar-refractivity contribution is 5.59. The first-order valence-electron chi connectivity index (χ1n) is 6.37. The lowest BCUT2D eigenvalue weighted by Crippen LogP contribution is -2.47. The van der Waals surface area contributed by atoms with Crippen molar-refractivity contribution >= 4 is 11.5 Å². The molecule has 1 aromatic rings. The standard InChI is InChI=1S/C13H19N5/c1-2-3-17-4-6-18(7-5-17)13-11(9-14)8-12(15)10-16-13/h8,10H,2-7,15H2,1H3. The van der Waals surface area contributed by atoms with E-state index in [2.05, 4.69) is 27.8 Å². The van der Waals surface area contributed by atoms with Crippen molar-refractivity contribution in [1.29, 1.82) is 5.26 Å². The lowest BCUT2D eigenvalue weighted by atomic mass is 10.2. The van der Waals surface area contributed by atoms with Crippen LogP contribution in [0, 0.1) is 11.3 Å². The summed E-state index contributed by atoms with van der Waals surface area (Å²) in [6, 6.07) is 3.87. The van der Waals surface area contributed by atoms with Gasteiger partial charge in [0.2, 0.25) is 0 Å². The van der Waals surface area contributed by atoms with Gasteiger partial charge in [-0.15, -0.1) is 0 Å². The van der Waals surface area contributed by atoms with E-state index in [1.807, 2.05) is 0 Å². The van der Waals surface area contributed by atoms with Crippen molar-refractivity contribution < 1.29 is 0 Å². The number of pyridine rings is 1. The number of piperazine rings is 1. The van der Waals surface area contributed by atoms with Crippen LogP contribution in [-0.2, 0) is 0 Å². The average molecular weight is 245 g/mol. The van der Waals surface area contributed by atoms with E-state index in [0.29, 0.717) is 11.3 Å². The minimum absolute atomic E-state index is 0.542. The molecule has 2 N–H and O–H groups in total. The Kier molecular flexibility index (Phi) is 4.00. The van der Waals surface area contributed by atoms with E-state index >= 15 is 0 Å². The van der Waals surface area contributed by atoms with Gasteiger partial charge in [-0.25, -0.2) is 4.98 Å². The fourth-order valence-corrected chi connectivity index (χ4v) is 2.31. The monoisotopic (exact) mass is 245 g/mol. The maximum Gasteiger partial charge on any atom is 0.146 e. The number of aromatic nitrogens is 1. The molecule has 1 aromatic heterocycles. The van der Waals surface area contributed by atoms with Crippen LogP contribution in [-0.4, -0.2) is 42.6 Å². The number of nitrogen functional groups attached to an aromatic ring is 1. The Labute approximate surface area is 108 Å². The minimum Gasteiger partial charge on any atom is -0.397 e. The van der Waals surface area contributed by atoms with Crippen molar-refractivity contribution in [2.24, 2.45) is 0 Å². The Morgan fingerprint density at radius 3 is 2.72 bits per heavy atom. The Hall–Kier alpha value is -1.80. The van der Waals surface area contributed by atoms with Crippen molar-refractivity contribution in [3.05, 3.63) is 17.8 Å². The Bertz CT molecular complexity index is 443. The van der Waals surface area contributed by atoms with Gasteiger partial charge in [0.25, 0.3) is 0 Å². The summed E-state index contributed by atoms with van der Waals surface area (Å²) in [6.45, 7) is 7.25. The molecule has 0 aliphatic carbocycles. The highest BCUT2D eigenvalue weighted by Gasteiger charge is 2.19. The second-order valence-electron chi connectivity index (χ2n) is 4.58. The summed E-state index contributed by atoms with van der Waals surface area (Å²) in [5, 5.41) is 9.13. The highest BCUT2D eigenvalue weighted by Crippen LogP contribution is 2.20. The zero-order valence-electron chi connectivity index (χ0n) is 10.8. The minimum atomic E-state index is 0.542. The molecule has 0 spiro atoms. The largest absolute Gasteiger partial charge is 0.397 e. The zero-order chi connectivity index (χ0) is 13.0. The third kappa shape index (κ3) is 2.71. The number of nitriles is 1. The summed E-state index contributed by atoms with van der Waals surface area (Å²) in [7, 11) is 0. The molecule has 5 nitrogen and oxygen atoms in total. The van der Waals surface area contributed by atoms with E-state index < -0.39 is 0 Å². The summed E-state index contributed by atoms with van der Waals surface area (Å²) in [5.74, 6) is 0.767. The van der Waals surface area contributed by atoms with Crippen LogP contribution in [0.1, 0.15) is 18.9 Å². The number of nitrogens with two attached hydrogens (primary N) is 1. The van der Waals surface area contributed by atoms with Gasteiger partial charge in [-0.2, -0.15) is 5.26 Å². The molecular formula is C13H19N5. The summed E-state index contributed by atoms with van der Waals surface area (Å²) >= 11 is 0. The molecule has 96 valence electrons. The molecule has 1 aliphatic heterocycles. The lowest BCUT2D eigenvalue weighted by Gasteiger charge is -2.35. The number of hydrogen-bond acceptors (Lipinski definition) is 5. The molecule has 0 bridgehead atoms. The van der Waals surface area contributed by atoms with Gasteiger partial charge in [-0.1, -0.05) is 6.92 Å². The van der Waals surface area contributed by atoms with Gasteiger partial charge in [-0.3, -0.25) is 4.90 Å². The smallest absolute Gasteiger partial charge is 0.146 e. The summed E-state index contributed by atoms with van der Waals surface area (Å²) in [6.07, 6.45) is 2.80. The fraction of sp³-hybridized carbons (Fsp3) is 0.538. The SMILES string of the molecule is CCCN1CCN(c2ncc(N)cc2C#N)CC1. The third-order valence-electron chi connectivity index (χ3n) is 3.22. The van der Waals surface area contributed by atoms with E-state index in [9.17, 15) is 0 Å². The second kappa shape index (κ2) is 5.69. The first-order valence-corrected chi connectivity index (χ1v) is 6.37. The topological polar surface area (TPSA) is 69.2 Å². The summed E-state index contributed by atoms with van der Waals surface area (Å²) < 4.78 is 0. The average Bonchev–Trinajstić information content (AvgIpc) is 2.40. The van der Waals surface area contributed by atoms with Gasteiger partial charge in [0.15, 0.2) is 0 Å².